The van der Waals surface area contributed by atoms with E-state index >= 15 is 0 Å². The number of aryl methyl sites for hydroxylation is 1. The normalized spacial score (nSPS) is 14.6. The lowest BCUT2D eigenvalue weighted by Gasteiger charge is -2.33. The van der Waals surface area contributed by atoms with Crippen LogP contribution in [0.1, 0.15) is 50.2 Å². The molecular weight excluding hydrogens is 538 g/mol. The Morgan fingerprint density at radius 1 is 0.927 bits per heavy atom. The maximum Gasteiger partial charge on any atom is 0.264 e. The Labute approximate surface area is 243 Å². The van der Waals surface area contributed by atoms with Crippen LogP contribution in [-0.4, -0.2) is 50.9 Å². The number of carbonyl (C=O) groups is 2. The quantitative estimate of drug-likeness (QED) is 0.344. The Balaban J connectivity index is 1.66. The lowest BCUT2D eigenvalue weighted by atomic mass is 9.95. The summed E-state index contributed by atoms with van der Waals surface area (Å²) in [6.07, 6.45) is 5.15. The van der Waals surface area contributed by atoms with Gasteiger partial charge in [-0.25, -0.2) is 8.42 Å². The molecule has 1 atom stereocenters. The summed E-state index contributed by atoms with van der Waals surface area (Å²) in [6, 6.07) is 21.6. The van der Waals surface area contributed by atoms with Gasteiger partial charge in [-0.3, -0.25) is 13.9 Å². The monoisotopic (exact) mass is 577 g/mol. The number of anilines is 1. The molecule has 1 saturated carbocycles. The molecule has 0 aliphatic heterocycles. The van der Waals surface area contributed by atoms with Crippen LogP contribution in [0.15, 0.2) is 83.8 Å². The van der Waals surface area contributed by atoms with Gasteiger partial charge in [0.2, 0.25) is 11.8 Å². The number of methoxy groups -OCH3 is 1. The van der Waals surface area contributed by atoms with E-state index in [0.29, 0.717) is 11.4 Å². The van der Waals surface area contributed by atoms with Crippen LogP contribution in [0.5, 0.6) is 5.75 Å². The van der Waals surface area contributed by atoms with Gasteiger partial charge in [0.05, 0.1) is 17.7 Å². The average Bonchev–Trinajstić information content (AvgIpc) is 3.00. The van der Waals surface area contributed by atoms with Crippen LogP contribution >= 0.6 is 0 Å². The number of benzene rings is 3. The minimum Gasteiger partial charge on any atom is -0.497 e. The van der Waals surface area contributed by atoms with Gasteiger partial charge in [0.15, 0.2) is 0 Å². The van der Waals surface area contributed by atoms with Gasteiger partial charge in [0.25, 0.3) is 10.0 Å². The molecule has 9 heteroatoms. The van der Waals surface area contributed by atoms with Crippen LogP contribution in [0.4, 0.5) is 5.69 Å². The number of para-hydroxylation sites is 1. The Morgan fingerprint density at radius 3 is 2.20 bits per heavy atom. The van der Waals surface area contributed by atoms with Crippen molar-refractivity contribution in [2.24, 2.45) is 0 Å². The van der Waals surface area contributed by atoms with Crippen LogP contribution in [0.2, 0.25) is 0 Å². The Bertz CT molecular complexity index is 1420. The van der Waals surface area contributed by atoms with Gasteiger partial charge in [-0.15, -0.1) is 0 Å². The van der Waals surface area contributed by atoms with E-state index in [1.165, 1.54) is 24.1 Å². The Morgan fingerprint density at radius 2 is 1.56 bits per heavy atom. The molecule has 0 heterocycles. The first-order valence-corrected chi connectivity index (χ1v) is 15.5. The molecule has 1 unspecified atom stereocenters. The van der Waals surface area contributed by atoms with E-state index in [1.54, 1.807) is 49.4 Å². The van der Waals surface area contributed by atoms with Gasteiger partial charge >= 0.3 is 0 Å². The van der Waals surface area contributed by atoms with E-state index in [2.05, 4.69) is 5.32 Å². The molecule has 2 amide bonds. The lowest BCUT2D eigenvalue weighted by Crippen LogP contribution is -2.53. The Hall–Kier alpha value is -3.85. The predicted octanol–water partition coefficient (Wildman–Crippen LogP) is 5.07. The smallest absolute Gasteiger partial charge is 0.264 e. The second-order valence-electron chi connectivity index (χ2n) is 10.5. The molecule has 1 aliphatic rings. The molecule has 0 radical (unpaired) electrons. The minimum absolute atomic E-state index is 0.0310. The highest BCUT2D eigenvalue weighted by Crippen LogP contribution is 2.26. The molecule has 0 bridgehead atoms. The standard InChI is InChI=1S/C32H39N3O5S/c1-24-12-10-11-13-26(24)22-34(25(2)32(37)33-27-14-6-4-7-15-27)31(36)23-35(28-16-8-5-9-17-28)41(38,39)30-20-18-29(40-3)19-21-30/h5,8-13,16-21,25,27H,4,6-7,14-15,22-23H2,1-3H3,(H,33,37). The van der Waals surface area contributed by atoms with Gasteiger partial charge in [-0.2, -0.15) is 0 Å². The second-order valence-corrected chi connectivity index (χ2v) is 12.4. The molecule has 8 nitrogen and oxygen atoms in total. The van der Waals surface area contributed by atoms with Crippen molar-refractivity contribution < 1.29 is 22.7 Å². The number of sulfonamides is 1. The van der Waals surface area contributed by atoms with Crippen LogP contribution in [-0.2, 0) is 26.2 Å². The van der Waals surface area contributed by atoms with Gasteiger partial charge in [0.1, 0.15) is 18.3 Å². The van der Waals surface area contributed by atoms with Gasteiger partial charge in [0, 0.05) is 12.6 Å². The van der Waals surface area contributed by atoms with Crippen LogP contribution in [0.3, 0.4) is 0 Å². The first-order chi connectivity index (χ1) is 19.7. The van der Waals surface area contributed by atoms with E-state index in [0.717, 1.165) is 47.5 Å². The van der Waals surface area contributed by atoms with Crippen molar-refractivity contribution in [3.05, 3.63) is 90.0 Å². The second kappa shape index (κ2) is 13.7. The van der Waals surface area contributed by atoms with E-state index in [1.807, 2.05) is 31.2 Å². The van der Waals surface area contributed by atoms with Gasteiger partial charge in [-0.05, 0) is 74.2 Å². The fraction of sp³-hybridized carbons (Fsp3) is 0.375. The summed E-state index contributed by atoms with van der Waals surface area (Å²) >= 11 is 0. The summed E-state index contributed by atoms with van der Waals surface area (Å²) < 4.78 is 34.1. The Kier molecular flexibility index (Phi) is 10.0. The van der Waals surface area contributed by atoms with Crippen LogP contribution in [0.25, 0.3) is 0 Å². The summed E-state index contributed by atoms with van der Waals surface area (Å²) in [5.74, 6) is -0.183. The minimum atomic E-state index is -4.13. The molecule has 3 aromatic carbocycles. The molecule has 1 fully saturated rings. The fourth-order valence-corrected chi connectivity index (χ4v) is 6.53. The molecule has 1 N–H and O–H groups in total. The summed E-state index contributed by atoms with van der Waals surface area (Å²) in [5.41, 5.74) is 2.23. The maximum atomic E-state index is 14.1. The van der Waals surface area contributed by atoms with Crippen molar-refractivity contribution >= 4 is 27.5 Å². The summed E-state index contributed by atoms with van der Waals surface area (Å²) in [6.45, 7) is 3.37. The third-order valence-electron chi connectivity index (χ3n) is 7.69. The third-order valence-corrected chi connectivity index (χ3v) is 9.48. The summed E-state index contributed by atoms with van der Waals surface area (Å²) in [5, 5.41) is 3.13. The number of ether oxygens (including phenoxy) is 1. The third kappa shape index (κ3) is 7.47. The van der Waals surface area contributed by atoms with Gasteiger partial charge in [-0.1, -0.05) is 61.7 Å². The SMILES string of the molecule is COc1ccc(S(=O)(=O)N(CC(=O)N(Cc2ccccc2C)C(C)C(=O)NC2CCCCC2)c2ccccc2)cc1. The molecule has 0 saturated heterocycles. The number of rotatable bonds is 11. The molecule has 0 spiro atoms. The predicted molar refractivity (Wildman–Crippen MR) is 160 cm³/mol. The topological polar surface area (TPSA) is 96.0 Å². The molecule has 218 valence electrons. The molecule has 0 aromatic heterocycles. The zero-order chi connectivity index (χ0) is 29.4. The highest BCUT2D eigenvalue weighted by Gasteiger charge is 2.33. The largest absolute Gasteiger partial charge is 0.497 e. The van der Waals surface area contributed by atoms with E-state index in [-0.39, 0.29) is 23.4 Å². The number of nitrogens with zero attached hydrogens (tertiary/aromatic N) is 2. The zero-order valence-corrected chi connectivity index (χ0v) is 24.8. The van der Waals surface area contributed by atoms with Crippen molar-refractivity contribution in [1.82, 2.24) is 10.2 Å². The highest BCUT2D eigenvalue weighted by molar-refractivity contribution is 7.92. The van der Waals surface area contributed by atoms with Crippen molar-refractivity contribution in [2.45, 2.75) is 69.5 Å². The fourth-order valence-electron chi connectivity index (χ4n) is 5.12. The molecule has 41 heavy (non-hydrogen) atoms. The van der Waals surface area contributed by atoms with E-state index < -0.39 is 28.5 Å². The highest BCUT2D eigenvalue weighted by atomic mass is 32.2. The van der Waals surface area contributed by atoms with Crippen molar-refractivity contribution in [3.8, 4) is 5.75 Å². The number of nitrogens with one attached hydrogen (secondary N) is 1. The summed E-state index contributed by atoms with van der Waals surface area (Å²) in [4.78, 5) is 29.0. The molecular formula is C32H39N3O5S. The molecule has 3 aromatic rings. The van der Waals surface area contributed by atoms with Crippen LogP contribution < -0.4 is 14.4 Å². The number of amides is 2. The summed E-state index contributed by atoms with van der Waals surface area (Å²) in [7, 11) is -2.62. The van der Waals surface area contributed by atoms with Crippen molar-refractivity contribution in [3.63, 3.8) is 0 Å². The van der Waals surface area contributed by atoms with Crippen molar-refractivity contribution in [2.75, 3.05) is 18.0 Å². The van der Waals surface area contributed by atoms with E-state index in [9.17, 15) is 18.0 Å². The number of hydrogen-bond acceptors (Lipinski definition) is 5. The number of carbonyl (C=O) groups excluding carboxylic acids is 2. The zero-order valence-electron chi connectivity index (χ0n) is 24.0. The van der Waals surface area contributed by atoms with E-state index in [4.69, 9.17) is 4.74 Å². The average molecular weight is 578 g/mol. The maximum absolute atomic E-state index is 14.1. The first kappa shape index (κ1) is 30.1. The lowest BCUT2D eigenvalue weighted by molar-refractivity contribution is -0.139. The van der Waals surface area contributed by atoms with Crippen LogP contribution in [0, 0.1) is 6.92 Å². The number of hydrogen-bond donors (Lipinski definition) is 1. The van der Waals surface area contributed by atoms with Gasteiger partial charge < -0.3 is 15.0 Å². The van der Waals surface area contributed by atoms with Crippen molar-refractivity contribution in [1.29, 1.82) is 0 Å². The molecule has 1 aliphatic carbocycles. The molecule has 4 rings (SSSR count). The first-order valence-electron chi connectivity index (χ1n) is 14.1.